The minimum Gasteiger partial charge on any atom is -0.226 e. The molecule has 0 N–H and O–H groups in total. The molecule has 0 radical (unpaired) electrons. The Hall–Kier alpha value is -2.09. The van der Waals surface area contributed by atoms with E-state index in [4.69, 9.17) is 0 Å². The standard InChI is InChI=1S/C22H27N2/c1-14(2)12-17-7-9-20-21-19(17)10-11-24(21)22(23(20)5)18-8-6-15(3)13-16(18)4/h6-9,13-14H,10-12H2,1-5H3/q+1. The highest BCUT2D eigenvalue weighted by Crippen LogP contribution is 2.32. The third kappa shape index (κ3) is 2.20. The molecule has 0 amide bonds. The van der Waals surface area contributed by atoms with E-state index in [9.17, 15) is 0 Å². The fourth-order valence-corrected chi connectivity index (χ4v) is 4.38. The highest BCUT2D eigenvalue weighted by molar-refractivity contribution is 5.81. The molecule has 0 spiro atoms. The van der Waals surface area contributed by atoms with E-state index >= 15 is 0 Å². The van der Waals surface area contributed by atoms with Crippen LogP contribution in [0.25, 0.3) is 22.4 Å². The van der Waals surface area contributed by atoms with Gasteiger partial charge in [-0.1, -0.05) is 37.6 Å². The van der Waals surface area contributed by atoms with Gasteiger partial charge in [0.1, 0.15) is 0 Å². The van der Waals surface area contributed by atoms with Crippen molar-refractivity contribution < 1.29 is 4.57 Å². The molecule has 0 atom stereocenters. The summed E-state index contributed by atoms with van der Waals surface area (Å²) < 4.78 is 4.93. The second kappa shape index (κ2) is 5.47. The molecule has 0 saturated carbocycles. The van der Waals surface area contributed by atoms with Crippen LogP contribution in [0.5, 0.6) is 0 Å². The second-order valence-corrected chi connectivity index (χ2v) is 7.77. The van der Waals surface area contributed by atoms with Gasteiger partial charge in [-0.3, -0.25) is 0 Å². The molecule has 2 heterocycles. The van der Waals surface area contributed by atoms with Gasteiger partial charge in [-0.25, -0.2) is 9.13 Å². The van der Waals surface area contributed by atoms with E-state index in [-0.39, 0.29) is 0 Å². The molecule has 1 aromatic heterocycles. The number of benzene rings is 2. The van der Waals surface area contributed by atoms with Gasteiger partial charge in [-0.2, -0.15) is 0 Å². The minimum absolute atomic E-state index is 0.704. The summed E-state index contributed by atoms with van der Waals surface area (Å²) in [7, 11) is 2.21. The topological polar surface area (TPSA) is 8.81 Å². The van der Waals surface area contributed by atoms with Crippen molar-refractivity contribution >= 4 is 11.0 Å². The number of hydrogen-bond donors (Lipinski definition) is 0. The zero-order valence-corrected chi connectivity index (χ0v) is 15.5. The van der Waals surface area contributed by atoms with Crippen LogP contribution < -0.4 is 4.57 Å². The maximum absolute atomic E-state index is 2.55. The third-order valence-corrected chi connectivity index (χ3v) is 5.40. The normalized spacial score (nSPS) is 13.4. The Kier molecular flexibility index (Phi) is 3.52. The molecule has 0 saturated heterocycles. The Labute approximate surface area is 144 Å². The molecule has 2 aromatic carbocycles. The van der Waals surface area contributed by atoms with E-state index in [0.29, 0.717) is 5.92 Å². The van der Waals surface area contributed by atoms with E-state index < -0.39 is 0 Å². The van der Waals surface area contributed by atoms with Crippen LogP contribution in [-0.2, 0) is 26.4 Å². The fourth-order valence-electron chi connectivity index (χ4n) is 4.38. The van der Waals surface area contributed by atoms with Crippen LogP contribution in [0.3, 0.4) is 0 Å². The SMILES string of the molecule is Cc1ccc(-c2n(C)c3ccc(CC(C)C)c4c3[n+]2CC4)c(C)c1. The van der Waals surface area contributed by atoms with E-state index in [2.05, 4.69) is 74.2 Å². The maximum Gasteiger partial charge on any atom is 0.289 e. The molecule has 2 heteroatoms. The van der Waals surface area contributed by atoms with E-state index in [1.807, 2.05) is 0 Å². The van der Waals surface area contributed by atoms with Crippen molar-refractivity contribution in [1.82, 2.24) is 4.57 Å². The zero-order chi connectivity index (χ0) is 17.0. The molecule has 1 aliphatic heterocycles. The molecule has 24 heavy (non-hydrogen) atoms. The second-order valence-electron chi connectivity index (χ2n) is 7.77. The predicted octanol–water partition coefficient (Wildman–Crippen LogP) is 4.50. The van der Waals surface area contributed by atoms with Crippen LogP contribution in [0.15, 0.2) is 30.3 Å². The lowest BCUT2D eigenvalue weighted by molar-refractivity contribution is -0.653. The molecule has 1 aliphatic rings. The average Bonchev–Trinajstić information content (AvgIpc) is 3.05. The van der Waals surface area contributed by atoms with Crippen LogP contribution in [0.4, 0.5) is 0 Å². The monoisotopic (exact) mass is 319 g/mol. The Balaban J connectivity index is 1.98. The Morgan fingerprint density at radius 1 is 1.12 bits per heavy atom. The molecule has 0 aliphatic carbocycles. The van der Waals surface area contributed by atoms with Crippen LogP contribution >= 0.6 is 0 Å². The first-order valence-electron chi connectivity index (χ1n) is 9.08. The molecular formula is C22H27N2+. The third-order valence-electron chi connectivity index (χ3n) is 5.40. The summed E-state index contributed by atoms with van der Waals surface area (Å²) in [4.78, 5) is 0. The summed E-state index contributed by atoms with van der Waals surface area (Å²) in [5, 5.41) is 0. The first-order chi connectivity index (χ1) is 11.5. The van der Waals surface area contributed by atoms with Gasteiger partial charge in [0, 0.05) is 12.0 Å². The molecule has 2 nitrogen and oxygen atoms in total. The van der Waals surface area contributed by atoms with Gasteiger partial charge in [0.2, 0.25) is 0 Å². The number of imidazole rings is 1. The van der Waals surface area contributed by atoms with E-state index in [1.165, 1.54) is 46.4 Å². The largest absolute Gasteiger partial charge is 0.289 e. The molecule has 0 unspecified atom stereocenters. The Bertz CT molecular complexity index is 944. The predicted molar refractivity (Wildman–Crippen MR) is 100 cm³/mol. The summed E-state index contributed by atoms with van der Waals surface area (Å²) in [6, 6.07) is 11.5. The number of hydrogen-bond acceptors (Lipinski definition) is 0. The average molecular weight is 319 g/mol. The minimum atomic E-state index is 0.704. The van der Waals surface area contributed by atoms with Gasteiger partial charge < -0.3 is 0 Å². The summed E-state index contributed by atoms with van der Waals surface area (Å²) in [6.45, 7) is 10.1. The van der Waals surface area contributed by atoms with Crippen molar-refractivity contribution in [2.45, 2.75) is 47.1 Å². The van der Waals surface area contributed by atoms with Gasteiger partial charge in [0.15, 0.2) is 11.0 Å². The lowest BCUT2D eigenvalue weighted by Crippen LogP contribution is -2.33. The van der Waals surface area contributed by atoms with Crippen LogP contribution in [0.1, 0.15) is 36.1 Å². The fraction of sp³-hybridized carbons (Fsp3) is 0.409. The van der Waals surface area contributed by atoms with Crippen molar-refractivity contribution in [2.75, 3.05) is 0 Å². The quantitative estimate of drug-likeness (QED) is 0.628. The highest BCUT2D eigenvalue weighted by atomic mass is 15.2. The van der Waals surface area contributed by atoms with Crippen molar-refractivity contribution in [1.29, 1.82) is 0 Å². The highest BCUT2D eigenvalue weighted by Gasteiger charge is 2.32. The molecular weight excluding hydrogens is 292 g/mol. The summed E-state index contributed by atoms with van der Waals surface area (Å²) >= 11 is 0. The summed E-state index contributed by atoms with van der Waals surface area (Å²) in [5.41, 5.74) is 10.00. The van der Waals surface area contributed by atoms with E-state index in [1.54, 1.807) is 11.1 Å². The first kappa shape index (κ1) is 15.4. The maximum atomic E-state index is 2.55. The van der Waals surface area contributed by atoms with Crippen LogP contribution in [0, 0.1) is 19.8 Å². The van der Waals surface area contributed by atoms with E-state index in [0.717, 1.165) is 6.54 Å². The lowest BCUT2D eigenvalue weighted by atomic mass is 9.96. The van der Waals surface area contributed by atoms with Gasteiger partial charge in [-0.15, -0.1) is 0 Å². The molecule has 124 valence electrons. The summed E-state index contributed by atoms with van der Waals surface area (Å²) in [5.74, 6) is 2.05. The zero-order valence-electron chi connectivity index (χ0n) is 15.5. The molecule has 0 fully saturated rings. The first-order valence-corrected chi connectivity index (χ1v) is 9.08. The smallest absolute Gasteiger partial charge is 0.226 e. The van der Waals surface area contributed by atoms with Crippen LogP contribution in [-0.4, -0.2) is 4.57 Å². The van der Waals surface area contributed by atoms with Crippen molar-refractivity contribution in [3.05, 3.63) is 52.6 Å². The van der Waals surface area contributed by atoms with Gasteiger partial charge in [-0.05, 0) is 49.4 Å². The Morgan fingerprint density at radius 2 is 1.92 bits per heavy atom. The Morgan fingerprint density at radius 3 is 2.62 bits per heavy atom. The van der Waals surface area contributed by atoms with Crippen molar-refractivity contribution in [3.63, 3.8) is 0 Å². The van der Waals surface area contributed by atoms with Gasteiger partial charge in [0.25, 0.3) is 5.82 Å². The number of aromatic nitrogens is 2. The lowest BCUT2D eigenvalue weighted by Gasteiger charge is -2.08. The number of rotatable bonds is 3. The molecule has 0 bridgehead atoms. The number of aryl methyl sites for hydroxylation is 5. The molecule has 3 aromatic rings. The van der Waals surface area contributed by atoms with Gasteiger partial charge in [0.05, 0.1) is 19.2 Å². The molecule has 4 rings (SSSR count). The van der Waals surface area contributed by atoms with Crippen molar-refractivity contribution in [3.8, 4) is 11.4 Å². The summed E-state index contributed by atoms with van der Waals surface area (Å²) in [6.07, 6.45) is 2.35. The van der Waals surface area contributed by atoms with Crippen molar-refractivity contribution in [2.24, 2.45) is 13.0 Å². The van der Waals surface area contributed by atoms with Crippen LogP contribution in [0.2, 0.25) is 0 Å². The number of nitrogens with zero attached hydrogens (tertiary/aromatic N) is 2. The van der Waals surface area contributed by atoms with Gasteiger partial charge >= 0.3 is 0 Å².